The highest BCUT2D eigenvalue weighted by Gasteiger charge is 2.15. The van der Waals surface area contributed by atoms with Crippen LogP contribution in [0.3, 0.4) is 0 Å². The molecule has 104 valence electrons. The number of methoxy groups -OCH3 is 1. The number of likely N-dealkylation sites (N-methyl/N-ethyl adjacent to an activating group) is 1. The number of aromatic nitrogens is 1. The first kappa shape index (κ1) is 14.9. The number of pyridine rings is 1. The molecular formula is C12H17N3O4. The van der Waals surface area contributed by atoms with E-state index in [9.17, 15) is 14.4 Å². The first-order valence-electron chi connectivity index (χ1n) is 5.75. The lowest BCUT2D eigenvalue weighted by molar-refractivity contribution is -0.121. The summed E-state index contributed by atoms with van der Waals surface area (Å²) in [6.07, 6.45) is 0. The molecule has 0 unspecified atom stereocenters. The van der Waals surface area contributed by atoms with Crippen molar-refractivity contribution in [2.45, 2.75) is 0 Å². The molecule has 1 aromatic rings. The smallest absolute Gasteiger partial charge is 0.270 e. The molecule has 0 fully saturated rings. The van der Waals surface area contributed by atoms with Crippen LogP contribution in [0.25, 0.3) is 0 Å². The molecule has 1 heterocycles. The number of hydrogen-bond acceptors (Lipinski definition) is 4. The number of amides is 2. The average Bonchev–Trinajstić information content (AvgIpc) is 2.38. The summed E-state index contributed by atoms with van der Waals surface area (Å²) in [5.41, 5.74) is -0.205. The highest BCUT2D eigenvalue weighted by Crippen LogP contribution is 1.96. The largest absolute Gasteiger partial charge is 0.383 e. The summed E-state index contributed by atoms with van der Waals surface area (Å²) in [7, 11) is 3.02. The second-order valence-corrected chi connectivity index (χ2v) is 3.93. The van der Waals surface area contributed by atoms with E-state index in [-0.39, 0.29) is 23.7 Å². The molecule has 0 saturated heterocycles. The summed E-state index contributed by atoms with van der Waals surface area (Å²) < 4.78 is 4.79. The number of hydrogen-bond donors (Lipinski definition) is 2. The molecule has 1 aromatic heterocycles. The third-order valence-corrected chi connectivity index (χ3v) is 2.35. The fourth-order valence-corrected chi connectivity index (χ4v) is 1.41. The minimum atomic E-state index is -0.417. The van der Waals surface area contributed by atoms with Gasteiger partial charge in [0.1, 0.15) is 5.69 Å². The molecule has 0 atom stereocenters. The van der Waals surface area contributed by atoms with Crippen LogP contribution in [0.15, 0.2) is 23.0 Å². The zero-order chi connectivity index (χ0) is 14.3. The molecular weight excluding hydrogens is 250 g/mol. The normalized spacial score (nSPS) is 10.0. The maximum Gasteiger partial charge on any atom is 0.270 e. The van der Waals surface area contributed by atoms with Crippen LogP contribution in [-0.2, 0) is 9.53 Å². The number of ether oxygens (including phenoxy) is 1. The fourth-order valence-electron chi connectivity index (χ4n) is 1.41. The van der Waals surface area contributed by atoms with Gasteiger partial charge in [-0.2, -0.15) is 0 Å². The standard InChI is InChI=1S/C12H17N3O4/c1-15(8-11(17)13-6-7-19-2)12(18)9-4-3-5-10(16)14-9/h3-5H,6-8H2,1-2H3,(H,13,17)(H,14,16). The van der Waals surface area contributed by atoms with Gasteiger partial charge in [0.2, 0.25) is 11.5 Å². The number of carbonyl (C=O) groups is 2. The Hall–Kier alpha value is -2.15. The maximum atomic E-state index is 11.9. The van der Waals surface area contributed by atoms with Crippen LogP contribution in [0.5, 0.6) is 0 Å². The van der Waals surface area contributed by atoms with Gasteiger partial charge in [-0.1, -0.05) is 6.07 Å². The number of nitrogens with one attached hydrogen (secondary N) is 2. The van der Waals surface area contributed by atoms with Gasteiger partial charge in [-0.25, -0.2) is 0 Å². The monoisotopic (exact) mass is 267 g/mol. The van der Waals surface area contributed by atoms with Crippen LogP contribution in [0.1, 0.15) is 10.5 Å². The van der Waals surface area contributed by atoms with Gasteiger partial charge >= 0.3 is 0 Å². The molecule has 7 nitrogen and oxygen atoms in total. The van der Waals surface area contributed by atoms with Crippen molar-refractivity contribution in [2.24, 2.45) is 0 Å². The molecule has 19 heavy (non-hydrogen) atoms. The second kappa shape index (κ2) is 7.32. The lowest BCUT2D eigenvalue weighted by atomic mass is 10.3. The molecule has 0 bridgehead atoms. The van der Waals surface area contributed by atoms with E-state index in [1.165, 1.54) is 37.3 Å². The van der Waals surface area contributed by atoms with Gasteiger partial charge in [-0.15, -0.1) is 0 Å². The van der Waals surface area contributed by atoms with Crippen LogP contribution >= 0.6 is 0 Å². The summed E-state index contributed by atoms with van der Waals surface area (Å²) in [5.74, 6) is -0.703. The molecule has 0 aliphatic heterocycles. The van der Waals surface area contributed by atoms with E-state index in [0.29, 0.717) is 13.2 Å². The van der Waals surface area contributed by atoms with E-state index in [1.807, 2.05) is 0 Å². The van der Waals surface area contributed by atoms with Crippen molar-refractivity contribution in [3.8, 4) is 0 Å². The highest BCUT2D eigenvalue weighted by atomic mass is 16.5. The van der Waals surface area contributed by atoms with E-state index < -0.39 is 5.91 Å². The van der Waals surface area contributed by atoms with Gasteiger partial charge < -0.3 is 19.9 Å². The second-order valence-electron chi connectivity index (χ2n) is 3.93. The van der Waals surface area contributed by atoms with E-state index in [4.69, 9.17) is 4.74 Å². The summed E-state index contributed by atoms with van der Waals surface area (Å²) >= 11 is 0. The summed E-state index contributed by atoms with van der Waals surface area (Å²) in [4.78, 5) is 38.2. The Labute approximate surface area is 110 Å². The van der Waals surface area contributed by atoms with Crippen LogP contribution in [0.4, 0.5) is 0 Å². The van der Waals surface area contributed by atoms with Crippen LogP contribution in [0, 0.1) is 0 Å². The topological polar surface area (TPSA) is 91.5 Å². The molecule has 0 radical (unpaired) electrons. The number of aromatic amines is 1. The van der Waals surface area contributed by atoms with Gasteiger partial charge in [-0.05, 0) is 6.07 Å². The number of carbonyl (C=O) groups excluding carboxylic acids is 2. The Bertz CT molecular complexity index is 498. The molecule has 0 aliphatic carbocycles. The van der Waals surface area contributed by atoms with E-state index in [0.717, 1.165) is 0 Å². The molecule has 1 rings (SSSR count). The van der Waals surface area contributed by atoms with Crippen LogP contribution < -0.4 is 10.9 Å². The summed E-state index contributed by atoms with van der Waals surface area (Å²) in [6, 6.07) is 4.29. The zero-order valence-electron chi connectivity index (χ0n) is 10.9. The van der Waals surface area contributed by atoms with Crippen LogP contribution in [0.2, 0.25) is 0 Å². The average molecular weight is 267 g/mol. The Morgan fingerprint density at radius 1 is 1.42 bits per heavy atom. The predicted octanol–water partition coefficient (Wildman–Crippen LogP) is -0.790. The Kier molecular flexibility index (Phi) is 5.74. The zero-order valence-corrected chi connectivity index (χ0v) is 10.9. The molecule has 2 amide bonds. The molecule has 2 N–H and O–H groups in total. The number of rotatable bonds is 6. The molecule has 0 aliphatic rings. The van der Waals surface area contributed by atoms with Gasteiger partial charge in [-0.3, -0.25) is 14.4 Å². The third-order valence-electron chi connectivity index (χ3n) is 2.35. The Morgan fingerprint density at radius 3 is 2.79 bits per heavy atom. The molecule has 7 heteroatoms. The quantitative estimate of drug-likeness (QED) is 0.661. The van der Waals surface area contributed by atoms with Crippen LogP contribution in [-0.4, -0.2) is 55.6 Å². The van der Waals surface area contributed by atoms with Gasteiger partial charge in [0.25, 0.3) is 5.91 Å². The summed E-state index contributed by atoms with van der Waals surface area (Å²) in [5, 5.41) is 2.60. The van der Waals surface area contributed by atoms with Crippen molar-refractivity contribution >= 4 is 11.8 Å². The summed E-state index contributed by atoms with van der Waals surface area (Å²) in [6.45, 7) is 0.717. The van der Waals surface area contributed by atoms with E-state index in [1.54, 1.807) is 0 Å². The number of nitrogens with zero attached hydrogens (tertiary/aromatic N) is 1. The van der Waals surface area contributed by atoms with Gasteiger partial charge in [0.05, 0.1) is 13.2 Å². The van der Waals surface area contributed by atoms with Crippen molar-refractivity contribution in [3.05, 3.63) is 34.2 Å². The van der Waals surface area contributed by atoms with Crippen molar-refractivity contribution < 1.29 is 14.3 Å². The minimum Gasteiger partial charge on any atom is -0.383 e. The van der Waals surface area contributed by atoms with Gasteiger partial charge in [0, 0.05) is 26.8 Å². The van der Waals surface area contributed by atoms with Crippen molar-refractivity contribution in [2.75, 3.05) is 33.9 Å². The fraction of sp³-hybridized carbons (Fsp3) is 0.417. The minimum absolute atomic E-state index is 0.0839. The van der Waals surface area contributed by atoms with Crippen molar-refractivity contribution in [1.82, 2.24) is 15.2 Å². The lowest BCUT2D eigenvalue weighted by Crippen LogP contribution is -2.39. The molecule has 0 aromatic carbocycles. The first-order chi connectivity index (χ1) is 9.04. The van der Waals surface area contributed by atoms with Crippen molar-refractivity contribution in [1.29, 1.82) is 0 Å². The van der Waals surface area contributed by atoms with E-state index >= 15 is 0 Å². The van der Waals surface area contributed by atoms with Crippen molar-refractivity contribution in [3.63, 3.8) is 0 Å². The van der Waals surface area contributed by atoms with Gasteiger partial charge in [0.15, 0.2) is 0 Å². The Balaban J connectivity index is 2.53. The predicted molar refractivity (Wildman–Crippen MR) is 68.9 cm³/mol. The highest BCUT2D eigenvalue weighted by molar-refractivity contribution is 5.94. The first-order valence-corrected chi connectivity index (χ1v) is 5.75. The third kappa shape index (κ3) is 4.92. The lowest BCUT2D eigenvalue weighted by Gasteiger charge is -2.16. The van der Waals surface area contributed by atoms with E-state index in [2.05, 4.69) is 10.3 Å². The maximum absolute atomic E-state index is 11.9. The Morgan fingerprint density at radius 2 is 2.16 bits per heavy atom. The SMILES string of the molecule is COCCNC(=O)CN(C)C(=O)c1cccc(=O)[nH]1. The molecule has 0 saturated carbocycles. The molecule has 0 spiro atoms. The number of H-pyrrole nitrogens is 1.